The van der Waals surface area contributed by atoms with Crippen molar-refractivity contribution in [3.63, 3.8) is 0 Å². The van der Waals surface area contributed by atoms with Crippen LogP contribution in [-0.4, -0.2) is 25.9 Å². The van der Waals surface area contributed by atoms with Crippen molar-refractivity contribution in [2.75, 3.05) is 13.7 Å². The highest BCUT2D eigenvalue weighted by Crippen LogP contribution is 2.19. The van der Waals surface area contributed by atoms with Crippen LogP contribution in [0.25, 0.3) is 0 Å². The summed E-state index contributed by atoms with van der Waals surface area (Å²) in [7, 11) is 1.71. The number of aryl methyl sites for hydroxylation is 1. The first-order valence-electron chi connectivity index (χ1n) is 6.69. The van der Waals surface area contributed by atoms with Gasteiger partial charge in [-0.05, 0) is 43.9 Å². The average molecular weight is 249 g/mol. The third-order valence-corrected chi connectivity index (χ3v) is 3.61. The topological polar surface area (TPSA) is 30.5 Å². The third kappa shape index (κ3) is 3.24. The van der Waals surface area contributed by atoms with Gasteiger partial charge in [0.2, 0.25) is 0 Å². The van der Waals surface area contributed by atoms with Gasteiger partial charge in [-0.1, -0.05) is 12.1 Å². The lowest BCUT2D eigenvalue weighted by Gasteiger charge is -2.20. The fourth-order valence-corrected chi connectivity index (χ4v) is 2.46. The van der Waals surface area contributed by atoms with E-state index in [4.69, 9.17) is 9.47 Å². The predicted octanol–water partition coefficient (Wildman–Crippen LogP) is 2.66. The largest absolute Gasteiger partial charge is 0.496 e. The minimum absolute atomic E-state index is 0.379. The Kier molecular flexibility index (Phi) is 4.61. The highest BCUT2D eigenvalue weighted by atomic mass is 16.5. The summed E-state index contributed by atoms with van der Waals surface area (Å²) in [5, 5.41) is 3.54. The van der Waals surface area contributed by atoms with Crippen molar-refractivity contribution in [3.05, 3.63) is 29.3 Å². The van der Waals surface area contributed by atoms with E-state index in [1.165, 1.54) is 24.0 Å². The van der Waals surface area contributed by atoms with Gasteiger partial charge < -0.3 is 14.8 Å². The van der Waals surface area contributed by atoms with Gasteiger partial charge in [-0.2, -0.15) is 0 Å². The number of nitrogens with one attached hydrogen (secondary N) is 1. The zero-order valence-corrected chi connectivity index (χ0v) is 11.5. The van der Waals surface area contributed by atoms with Crippen molar-refractivity contribution in [1.29, 1.82) is 0 Å². The van der Waals surface area contributed by atoms with E-state index in [1.807, 2.05) is 6.07 Å². The molecule has 1 fully saturated rings. The lowest BCUT2D eigenvalue weighted by Crippen LogP contribution is -2.36. The molecular formula is C15H23NO2. The number of hydrogen-bond acceptors (Lipinski definition) is 3. The molecule has 3 nitrogen and oxygen atoms in total. The Morgan fingerprint density at radius 3 is 2.94 bits per heavy atom. The van der Waals surface area contributed by atoms with E-state index in [9.17, 15) is 0 Å². The van der Waals surface area contributed by atoms with Crippen LogP contribution in [0.3, 0.4) is 0 Å². The molecule has 0 bridgehead atoms. The molecule has 0 saturated carbocycles. The molecule has 1 saturated heterocycles. The Morgan fingerprint density at radius 2 is 2.33 bits per heavy atom. The number of methoxy groups -OCH3 is 1. The predicted molar refractivity (Wildman–Crippen MR) is 73.0 cm³/mol. The fraction of sp³-hybridized carbons (Fsp3) is 0.600. The maximum absolute atomic E-state index is 5.68. The molecule has 2 rings (SSSR count). The van der Waals surface area contributed by atoms with E-state index in [0.717, 1.165) is 18.9 Å². The van der Waals surface area contributed by atoms with Gasteiger partial charge in [0.1, 0.15) is 5.75 Å². The molecule has 1 aromatic carbocycles. The molecule has 2 unspecified atom stereocenters. The molecular weight excluding hydrogens is 226 g/mol. The summed E-state index contributed by atoms with van der Waals surface area (Å²) < 4.78 is 10.9. The van der Waals surface area contributed by atoms with E-state index < -0.39 is 0 Å². The average Bonchev–Trinajstić information content (AvgIpc) is 2.90. The summed E-state index contributed by atoms with van der Waals surface area (Å²) in [4.78, 5) is 0. The minimum atomic E-state index is 0.379. The Labute approximate surface area is 109 Å². The maximum atomic E-state index is 5.68. The lowest BCUT2D eigenvalue weighted by molar-refractivity contribution is 0.0832. The molecule has 0 aliphatic carbocycles. The maximum Gasteiger partial charge on any atom is 0.121 e. The zero-order chi connectivity index (χ0) is 13.0. The van der Waals surface area contributed by atoms with E-state index in [-0.39, 0.29) is 0 Å². The molecule has 0 radical (unpaired) electrons. The van der Waals surface area contributed by atoms with Gasteiger partial charge in [0.25, 0.3) is 0 Å². The fourth-order valence-electron chi connectivity index (χ4n) is 2.46. The van der Waals surface area contributed by atoms with E-state index in [0.29, 0.717) is 12.1 Å². The second kappa shape index (κ2) is 6.21. The standard InChI is InChI=1S/C15H23NO2/c1-11-9-13(6-7-14(11)17-3)10-16-12(2)15-5-4-8-18-15/h6-7,9,12,15-16H,4-5,8,10H2,1-3H3. The van der Waals surface area contributed by atoms with E-state index in [1.54, 1.807) is 7.11 Å². The van der Waals surface area contributed by atoms with Gasteiger partial charge in [-0.3, -0.25) is 0 Å². The lowest BCUT2D eigenvalue weighted by atomic mass is 10.1. The number of ether oxygens (including phenoxy) is 2. The van der Waals surface area contributed by atoms with Gasteiger partial charge >= 0.3 is 0 Å². The van der Waals surface area contributed by atoms with Crippen molar-refractivity contribution < 1.29 is 9.47 Å². The van der Waals surface area contributed by atoms with Crippen LogP contribution in [0.4, 0.5) is 0 Å². The van der Waals surface area contributed by atoms with Gasteiger partial charge in [0.15, 0.2) is 0 Å². The van der Waals surface area contributed by atoms with Crippen LogP contribution in [0.2, 0.25) is 0 Å². The second-order valence-electron chi connectivity index (χ2n) is 5.03. The monoisotopic (exact) mass is 249 g/mol. The molecule has 100 valence electrons. The summed E-state index contributed by atoms with van der Waals surface area (Å²) in [5.41, 5.74) is 2.47. The minimum Gasteiger partial charge on any atom is -0.496 e. The zero-order valence-electron chi connectivity index (χ0n) is 11.5. The summed E-state index contributed by atoms with van der Waals surface area (Å²) in [6, 6.07) is 6.73. The molecule has 1 heterocycles. The first-order chi connectivity index (χ1) is 8.70. The summed E-state index contributed by atoms with van der Waals surface area (Å²) in [6.07, 6.45) is 2.75. The summed E-state index contributed by atoms with van der Waals surface area (Å²) in [5.74, 6) is 0.950. The van der Waals surface area contributed by atoms with Gasteiger partial charge in [-0.25, -0.2) is 0 Å². The van der Waals surface area contributed by atoms with Crippen molar-refractivity contribution in [2.24, 2.45) is 0 Å². The van der Waals surface area contributed by atoms with Gasteiger partial charge in [0, 0.05) is 19.2 Å². The molecule has 3 heteroatoms. The van der Waals surface area contributed by atoms with Crippen molar-refractivity contribution in [3.8, 4) is 5.75 Å². The molecule has 0 spiro atoms. The van der Waals surface area contributed by atoms with Gasteiger partial charge in [0.05, 0.1) is 13.2 Å². The first kappa shape index (κ1) is 13.4. The quantitative estimate of drug-likeness (QED) is 0.870. The highest BCUT2D eigenvalue weighted by molar-refractivity contribution is 5.36. The van der Waals surface area contributed by atoms with Crippen LogP contribution in [0, 0.1) is 6.92 Å². The number of rotatable bonds is 5. The van der Waals surface area contributed by atoms with Crippen molar-refractivity contribution >= 4 is 0 Å². The van der Waals surface area contributed by atoms with Crippen molar-refractivity contribution in [2.45, 2.75) is 45.4 Å². The summed E-state index contributed by atoms with van der Waals surface area (Å²) >= 11 is 0. The van der Waals surface area contributed by atoms with E-state index >= 15 is 0 Å². The Bertz CT molecular complexity index is 386. The van der Waals surface area contributed by atoms with Gasteiger partial charge in [-0.15, -0.1) is 0 Å². The Balaban J connectivity index is 1.87. The van der Waals surface area contributed by atoms with Crippen LogP contribution >= 0.6 is 0 Å². The third-order valence-electron chi connectivity index (χ3n) is 3.61. The molecule has 0 aromatic heterocycles. The molecule has 2 atom stereocenters. The normalized spacial score (nSPS) is 20.9. The molecule has 1 aliphatic heterocycles. The molecule has 18 heavy (non-hydrogen) atoms. The van der Waals surface area contributed by atoms with Crippen LogP contribution in [0.1, 0.15) is 30.9 Å². The Hall–Kier alpha value is -1.06. The van der Waals surface area contributed by atoms with Crippen LogP contribution in [-0.2, 0) is 11.3 Å². The molecule has 1 aliphatic rings. The molecule has 1 N–H and O–H groups in total. The second-order valence-corrected chi connectivity index (χ2v) is 5.03. The first-order valence-corrected chi connectivity index (χ1v) is 6.69. The number of hydrogen-bond donors (Lipinski definition) is 1. The SMILES string of the molecule is COc1ccc(CNC(C)C2CCCO2)cc1C. The molecule has 1 aromatic rings. The molecule has 0 amide bonds. The van der Waals surface area contributed by atoms with Crippen molar-refractivity contribution in [1.82, 2.24) is 5.32 Å². The summed E-state index contributed by atoms with van der Waals surface area (Å²) in [6.45, 7) is 6.07. The van der Waals surface area contributed by atoms with Crippen LogP contribution < -0.4 is 10.1 Å². The Morgan fingerprint density at radius 1 is 1.50 bits per heavy atom. The smallest absolute Gasteiger partial charge is 0.121 e. The van der Waals surface area contributed by atoms with Crippen LogP contribution in [0.5, 0.6) is 5.75 Å². The van der Waals surface area contributed by atoms with Crippen LogP contribution in [0.15, 0.2) is 18.2 Å². The van der Waals surface area contributed by atoms with E-state index in [2.05, 4.69) is 31.3 Å². The highest BCUT2D eigenvalue weighted by Gasteiger charge is 2.21. The number of benzene rings is 1.